The molecule has 5 rings (SSSR count). The number of hydrogen-bond acceptors (Lipinski definition) is 9. The van der Waals surface area contributed by atoms with Gasteiger partial charge in [0.25, 0.3) is 5.91 Å². The number of nitrogens with two attached hydrogens (primary N) is 1. The van der Waals surface area contributed by atoms with Crippen molar-refractivity contribution in [3.8, 4) is 5.75 Å². The number of Topliss-reactive ketones (excluding diaryl/α,β-unsaturated/α-hetero) is 2. The van der Waals surface area contributed by atoms with Crippen LogP contribution in [0.5, 0.6) is 5.75 Å². The minimum Gasteiger partial charge on any atom is -0.508 e. The molecule has 202 valence electrons. The van der Waals surface area contributed by atoms with Crippen LogP contribution >= 0.6 is 0 Å². The second-order valence-corrected chi connectivity index (χ2v) is 9.86. The SMILES string of the molecule is C[C@H]1c2ccc(NC(=O)Nc3ccccc3)c(O)c2C(O)=C2C(=O)[C@]3(O)C(O)=C(C(N)=O)C(=O)C[C@@H]3[C@@H](O)[C@@H]21. The van der Waals surface area contributed by atoms with E-state index in [9.17, 15) is 44.7 Å². The molecule has 3 aliphatic carbocycles. The Hall–Kier alpha value is -4.68. The summed E-state index contributed by atoms with van der Waals surface area (Å²) in [6.07, 6.45) is -2.27. The summed E-state index contributed by atoms with van der Waals surface area (Å²) in [5.74, 6) is -9.62. The van der Waals surface area contributed by atoms with E-state index in [2.05, 4.69) is 10.6 Å². The Kier molecular flexibility index (Phi) is 5.96. The summed E-state index contributed by atoms with van der Waals surface area (Å²) in [5.41, 5.74) is 1.26. The van der Waals surface area contributed by atoms with Crippen LogP contribution in [0, 0.1) is 11.8 Å². The number of aliphatic hydroxyl groups is 4. The highest BCUT2D eigenvalue weighted by molar-refractivity contribution is 6.23. The van der Waals surface area contributed by atoms with Crippen LogP contribution in [0.3, 0.4) is 0 Å². The molecular formula is C27H25N3O9. The molecule has 2 aromatic carbocycles. The number of primary amides is 1. The molecular weight excluding hydrogens is 510 g/mol. The molecule has 5 atom stereocenters. The molecule has 2 aromatic rings. The van der Waals surface area contributed by atoms with Crippen LogP contribution in [0.4, 0.5) is 16.2 Å². The Labute approximate surface area is 221 Å². The highest BCUT2D eigenvalue weighted by Gasteiger charge is 2.64. The number of anilines is 2. The number of ketones is 2. The van der Waals surface area contributed by atoms with E-state index < -0.39 is 87.8 Å². The van der Waals surface area contributed by atoms with Crippen LogP contribution in [0.1, 0.15) is 30.4 Å². The highest BCUT2D eigenvalue weighted by atomic mass is 16.4. The number of carbonyl (C=O) groups excluding carboxylic acids is 4. The molecule has 0 aromatic heterocycles. The number of para-hydroxylation sites is 1. The van der Waals surface area contributed by atoms with Gasteiger partial charge in [0.2, 0.25) is 5.78 Å². The van der Waals surface area contributed by atoms with Gasteiger partial charge in [0.15, 0.2) is 11.4 Å². The fraction of sp³-hybridized carbons (Fsp3) is 0.259. The molecule has 3 aliphatic rings. The number of nitrogens with one attached hydrogen (secondary N) is 2. The lowest BCUT2D eigenvalue weighted by Crippen LogP contribution is -2.63. The lowest BCUT2D eigenvalue weighted by Gasteiger charge is -2.50. The van der Waals surface area contributed by atoms with Crippen molar-refractivity contribution >= 4 is 40.6 Å². The van der Waals surface area contributed by atoms with Gasteiger partial charge in [-0.2, -0.15) is 0 Å². The average Bonchev–Trinajstić information content (AvgIpc) is 2.88. The first-order valence-corrected chi connectivity index (χ1v) is 12.0. The van der Waals surface area contributed by atoms with E-state index in [0.29, 0.717) is 11.3 Å². The summed E-state index contributed by atoms with van der Waals surface area (Å²) in [7, 11) is 0. The minimum atomic E-state index is -2.92. The molecule has 0 bridgehead atoms. The molecule has 39 heavy (non-hydrogen) atoms. The van der Waals surface area contributed by atoms with Gasteiger partial charge in [-0.25, -0.2) is 4.79 Å². The maximum Gasteiger partial charge on any atom is 0.323 e. The van der Waals surface area contributed by atoms with Crippen LogP contribution < -0.4 is 16.4 Å². The molecule has 0 saturated heterocycles. The van der Waals surface area contributed by atoms with Crippen LogP contribution in [-0.4, -0.2) is 60.7 Å². The maximum absolute atomic E-state index is 13.7. The van der Waals surface area contributed by atoms with Gasteiger partial charge in [-0.15, -0.1) is 0 Å². The van der Waals surface area contributed by atoms with E-state index >= 15 is 0 Å². The normalized spacial score (nSPS) is 27.9. The van der Waals surface area contributed by atoms with Gasteiger partial charge in [0.05, 0.1) is 17.4 Å². The Morgan fingerprint density at radius 1 is 1.03 bits per heavy atom. The quantitative estimate of drug-likeness (QED) is 0.211. The summed E-state index contributed by atoms with van der Waals surface area (Å²) in [6.45, 7) is 1.61. The predicted octanol–water partition coefficient (Wildman–Crippen LogP) is 1.60. The largest absolute Gasteiger partial charge is 0.508 e. The number of aromatic hydroxyl groups is 1. The summed E-state index contributed by atoms with van der Waals surface area (Å²) >= 11 is 0. The first-order chi connectivity index (χ1) is 18.4. The number of fused-ring (bicyclic) bond motifs is 3. The molecule has 0 heterocycles. The van der Waals surface area contributed by atoms with Gasteiger partial charge >= 0.3 is 6.03 Å². The van der Waals surface area contributed by atoms with Crippen molar-refractivity contribution in [1.82, 2.24) is 0 Å². The van der Waals surface area contributed by atoms with Crippen LogP contribution in [0.25, 0.3) is 5.76 Å². The fourth-order valence-electron chi connectivity index (χ4n) is 5.90. The van der Waals surface area contributed by atoms with E-state index in [1.54, 1.807) is 37.3 Å². The Morgan fingerprint density at radius 3 is 2.33 bits per heavy atom. The van der Waals surface area contributed by atoms with Crippen molar-refractivity contribution in [2.24, 2.45) is 17.6 Å². The van der Waals surface area contributed by atoms with Crippen LogP contribution in [-0.2, 0) is 14.4 Å². The van der Waals surface area contributed by atoms with Gasteiger partial charge in [0.1, 0.15) is 22.8 Å². The third kappa shape index (κ3) is 3.67. The Balaban J connectivity index is 1.60. The zero-order chi connectivity index (χ0) is 28.4. The lowest BCUT2D eigenvalue weighted by atomic mass is 9.55. The number of phenols is 1. The number of rotatable bonds is 3. The number of aliphatic hydroxyl groups excluding tert-OH is 3. The second kappa shape index (κ2) is 8.96. The zero-order valence-electron chi connectivity index (χ0n) is 20.5. The summed E-state index contributed by atoms with van der Waals surface area (Å²) in [4.78, 5) is 50.5. The fourth-order valence-corrected chi connectivity index (χ4v) is 5.90. The number of carbonyl (C=O) groups is 4. The van der Waals surface area contributed by atoms with Gasteiger partial charge < -0.3 is 41.9 Å². The van der Waals surface area contributed by atoms with E-state index in [4.69, 9.17) is 5.73 Å². The first kappa shape index (κ1) is 25.9. The van der Waals surface area contributed by atoms with Crippen molar-refractivity contribution in [3.63, 3.8) is 0 Å². The van der Waals surface area contributed by atoms with Gasteiger partial charge in [0, 0.05) is 29.5 Å². The molecule has 0 radical (unpaired) electrons. The Morgan fingerprint density at radius 2 is 1.69 bits per heavy atom. The molecule has 9 N–H and O–H groups in total. The first-order valence-electron chi connectivity index (χ1n) is 12.0. The molecule has 3 amide bonds. The molecule has 1 fully saturated rings. The Bertz CT molecular complexity index is 1510. The lowest BCUT2D eigenvalue weighted by molar-refractivity contribution is -0.160. The van der Waals surface area contributed by atoms with Gasteiger partial charge in [-0.05, 0) is 29.7 Å². The number of urea groups is 1. The smallest absolute Gasteiger partial charge is 0.323 e. The number of amides is 3. The highest BCUT2D eigenvalue weighted by Crippen LogP contribution is 2.56. The third-order valence-corrected chi connectivity index (χ3v) is 7.78. The topological polar surface area (TPSA) is 220 Å². The van der Waals surface area contributed by atoms with Crippen LogP contribution in [0.2, 0.25) is 0 Å². The second-order valence-electron chi connectivity index (χ2n) is 9.86. The predicted molar refractivity (Wildman–Crippen MR) is 137 cm³/mol. The van der Waals surface area contributed by atoms with Crippen molar-refractivity contribution < 1.29 is 44.7 Å². The van der Waals surface area contributed by atoms with E-state index in [-0.39, 0.29) is 11.3 Å². The summed E-state index contributed by atoms with van der Waals surface area (Å²) in [5, 5.41) is 60.6. The van der Waals surface area contributed by atoms with Crippen molar-refractivity contribution in [2.75, 3.05) is 10.6 Å². The van der Waals surface area contributed by atoms with Crippen molar-refractivity contribution in [2.45, 2.75) is 31.0 Å². The number of phenolic OH excluding ortho intramolecular Hbond substituents is 1. The minimum absolute atomic E-state index is 0.109. The molecule has 0 unspecified atom stereocenters. The molecule has 1 saturated carbocycles. The number of hydrogen-bond donors (Lipinski definition) is 8. The summed E-state index contributed by atoms with van der Waals surface area (Å²) in [6, 6.07) is 10.7. The third-order valence-electron chi connectivity index (χ3n) is 7.78. The molecule has 0 spiro atoms. The van der Waals surface area contributed by atoms with Crippen LogP contribution in [0.15, 0.2) is 59.4 Å². The van der Waals surface area contributed by atoms with Crippen molar-refractivity contribution in [3.05, 3.63) is 70.5 Å². The van der Waals surface area contributed by atoms with Gasteiger partial charge in [-0.1, -0.05) is 31.2 Å². The monoisotopic (exact) mass is 535 g/mol. The average molecular weight is 536 g/mol. The molecule has 12 nitrogen and oxygen atoms in total. The molecule has 0 aliphatic heterocycles. The van der Waals surface area contributed by atoms with E-state index in [1.165, 1.54) is 12.1 Å². The standard InChI is InChI=1S/C27H25N3O9/c1-10-12-7-8-14(30-26(38)29-11-5-3-2-4-6-11)21(33)17(12)22(34)19-16(10)20(32)13-9-15(31)18(25(28)37)23(35)27(13,39)24(19)36/h2-8,10,13,16,20,32-35,39H,9H2,1H3,(H2,28,37)(H2,29,30,38)/t10-,13+,16+,20+,27+/m0/s1. The van der Waals surface area contributed by atoms with Gasteiger partial charge in [-0.3, -0.25) is 14.4 Å². The van der Waals surface area contributed by atoms with E-state index in [1.807, 2.05) is 0 Å². The zero-order valence-corrected chi connectivity index (χ0v) is 20.5. The summed E-state index contributed by atoms with van der Waals surface area (Å²) < 4.78 is 0. The molecule has 12 heteroatoms. The van der Waals surface area contributed by atoms with E-state index in [0.717, 1.165) is 0 Å². The number of benzene rings is 2. The maximum atomic E-state index is 13.7. The van der Waals surface area contributed by atoms with Crippen molar-refractivity contribution in [1.29, 1.82) is 0 Å².